The highest BCUT2D eigenvalue weighted by Gasteiger charge is 2.11. The molecule has 0 aliphatic carbocycles. The van der Waals surface area contributed by atoms with Gasteiger partial charge < -0.3 is 10.1 Å². The maximum Gasteiger partial charge on any atom is 0.266 e. The van der Waals surface area contributed by atoms with Crippen LogP contribution in [-0.2, 0) is 4.79 Å². The number of halogens is 2. The normalized spacial score (nSPS) is 10.8. The van der Waals surface area contributed by atoms with Gasteiger partial charge in [-0.05, 0) is 55.5 Å². The molecule has 0 unspecified atom stereocenters. The van der Waals surface area contributed by atoms with Gasteiger partial charge in [0.25, 0.3) is 5.91 Å². The molecule has 0 bridgehead atoms. The van der Waals surface area contributed by atoms with Crippen molar-refractivity contribution in [3.63, 3.8) is 0 Å². The Morgan fingerprint density at radius 1 is 1.25 bits per heavy atom. The molecule has 0 heterocycles. The molecule has 0 atom stereocenters. The number of benzene rings is 2. The number of carbonyl (C=O) groups is 1. The van der Waals surface area contributed by atoms with Crippen molar-refractivity contribution in [3.05, 3.63) is 65.2 Å². The molecule has 2 rings (SSSR count). The summed E-state index contributed by atoms with van der Waals surface area (Å²) < 4.78 is 32.1. The Morgan fingerprint density at radius 3 is 2.58 bits per heavy atom. The van der Waals surface area contributed by atoms with E-state index < -0.39 is 17.5 Å². The van der Waals surface area contributed by atoms with Gasteiger partial charge >= 0.3 is 0 Å². The van der Waals surface area contributed by atoms with Gasteiger partial charge in [0.2, 0.25) is 0 Å². The second-order valence-electron chi connectivity index (χ2n) is 4.75. The van der Waals surface area contributed by atoms with E-state index in [-0.39, 0.29) is 11.1 Å². The van der Waals surface area contributed by atoms with E-state index in [2.05, 4.69) is 5.32 Å². The van der Waals surface area contributed by atoms with Gasteiger partial charge in [-0.25, -0.2) is 8.78 Å². The predicted molar refractivity (Wildman–Crippen MR) is 86.2 cm³/mol. The molecule has 0 saturated heterocycles. The molecule has 4 nitrogen and oxygen atoms in total. The summed E-state index contributed by atoms with van der Waals surface area (Å²) >= 11 is 0. The van der Waals surface area contributed by atoms with E-state index in [1.807, 2.05) is 6.92 Å². The second kappa shape index (κ2) is 7.88. The zero-order valence-corrected chi connectivity index (χ0v) is 12.8. The smallest absolute Gasteiger partial charge is 0.266 e. The van der Waals surface area contributed by atoms with E-state index in [0.29, 0.717) is 18.0 Å². The Balaban J connectivity index is 2.18. The van der Waals surface area contributed by atoms with Crippen LogP contribution >= 0.6 is 0 Å². The van der Waals surface area contributed by atoms with Crippen molar-refractivity contribution in [2.75, 3.05) is 11.9 Å². The average molecular weight is 328 g/mol. The minimum atomic E-state index is -0.724. The van der Waals surface area contributed by atoms with Crippen LogP contribution in [0.15, 0.2) is 48.0 Å². The van der Waals surface area contributed by atoms with Crippen LogP contribution in [0, 0.1) is 23.0 Å². The van der Waals surface area contributed by atoms with Gasteiger partial charge in [-0.2, -0.15) is 5.26 Å². The van der Waals surface area contributed by atoms with Crippen LogP contribution in [0.3, 0.4) is 0 Å². The molecule has 6 heteroatoms. The molecule has 122 valence electrons. The Bertz CT molecular complexity index is 809. The first-order chi connectivity index (χ1) is 11.5. The minimum absolute atomic E-state index is 0.173. The number of hydrogen-bond acceptors (Lipinski definition) is 3. The van der Waals surface area contributed by atoms with E-state index in [1.165, 1.54) is 0 Å². The monoisotopic (exact) mass is 328 g/mol. The Kier molecular flexibility index (Phi) is 5.63. The molecule has 0 aliphatic heterocycles. The van der Waals surface area contributed by atoms with Crippen LogP contribution in [0.4, 0.5) is 14.5 Å². The third kappa shape index (κ3) is 4.40. The van der Waals surface area contributed by atoms with E-state index in [1.54, 1.807) is 30.3 Å². The van der Waals surface area contributed by atoms with Crippen LogP contribution < -0.4 is 10.1 Å². The highest BCUT2D eigenvalue weighted by Crippen LogP contribution is 2.18. The van der Waals surface area contributed by atoms with Crippen LogP contribution in [0.5, 0.6) is 5.75 Å². The van der Waals surface area contributed by atoms with Gasteiger partial charge in [0.15, 0.2) is 0 Å². The van der Waals surface area contributed by atoms with E-state index >= 15 is 0 Å². The number of rotatable bonds is 5. The maximum atomic E-state index is 13.6. The number of nitrogens with one attached hydrogen (secondary N) is 1. The summed E-state index contributed by atoms with van der Waals surface area (Å²) in [7, 11) is 0. The first kappa shape index (κ1) is 17.2. The maximum absolute atomic E-state index is 13.6. The molecule has 0 saturated carbocycles. The summed E-state index contributed by atoms with van der Waals surface area (Å²) in [5.74, 6) is -1.46. The van der Waals surface area contributed by atoms with Gasteiger partial charge in [-0.3, -0.25) is 4.79 Å². The predicted octanol–water partition coefficient (Wildman–Crippen LogP) is 3.91. The molecule has 0 fully saturated rings. The number of hydrogen-bond donors (Lipinski definition) is 1. The first-order valence-corrected chi connectivity index (χ1v) is 7.14. The summed E-state index contributed by atoms with van der Waals surface area (Å²) in [5, 5.41) is 11.6. The molecule has 24 heavy (non-hydrogen) atoms. The lowest BCUT2D eigenvalue weighted by molar-refractivity contribution is -0.112. The number of amides is 1. The molecule has 0 radical (unpaired) electrons. The van der Waals surface area contributed by atoms with Gasteiger partial charge in [0.05, 0.1) is 6.61 Å². The largest absolute Gasteiger partial charge is 0.494 e. The molecule has 2 aromatic rings. The number of nitriles is 1. The molecular weight excluding hydrogens is 314 g/mol. The van der Waals surface area contributed by atoms with E-state index in [9.17, 15) is 13.6 Å². The van der Waals surface area contributed by atoms with Crippen molar-refractivity contribution >= 4 is 17.7 Å². The van der Waals surface area contributed by atoms with Crippen molar-refractivity contribution in [3.8, 4) is 11.8 Å². The van der Waals surface area contributed by atoms with Crippen molar-refractivity contribution < 1.29 is 18.3 Å². The number of nitrogens with zero attached hydrogens (tertiary/aromatic N) is 1. The highest BCUT2D eigenvalue weighted by molar-refractivity contribution is 6.09. The number of anilines is 1. The van der Waals surface area contributed by atoms with Crippen molar-refractivity contribution in [2.24, 2.45) is 0 Å². The Morgan fingerprint density at radius 2 is 1.96 bits per heavy atom. The second-order valence-corrected chi connectivity index (χ2v) is 4.75. The molecule has 0 spiro atoms. The highest BCUT2D eigenvalue weighted by atomic mass is 19.1. The Labute approximate surface area is 138 Å². The van der Waals surface area contributed by atoms with Gasteiger partial charge in [0, 0.05) is 11.3 Å². The van der Waals surface area contributed by atoms with Crippen molar-refractivity contribution in [1.82, 2.24) is 0 Å². The molecule has 1 N–H and O–H groups in total. The fraction of sp³-hybridized carbons (Fsp3) is 0.111. The average Bonchev–Trinajstić information content (AvgIpc) is 2.57. The lowest BCUT2D eigenvalue weighted by Crippen LogP contribution is -2.13. The lowest BCUT2D eigenvalue weighted by atomic mass is 10.1. The summed E-state index contributed by atoms with van der Waals surface area (Å²) in [5.41, 5.74) is -0.0638. The molecule has 2 aromatic carbocycles. The van der Waals surface area contributed by atoms with Crippen LogP contribution in [-0.4, -0.2) is 12.5 Å². The van der Waals surface area contributed by atoms with Crippen LogP contribution in [0.2, 0.25) is 0 Å². The lowest BCUT2D eigenvalue weighted by Gasteiger charge is -2.07. The standard InChI is InChI=1S/C18H14F2N2O2/c1-2-24-16-6-4-15(5-7-16)22-18(23)13(11-21)9-12-10-14(19)3-8-17(12)20/h3-10H,2H2,1H3,(H,22,23)/b13-9+. The SMILES string of the molecule is CCOc1ccc(NC(=O)/C(C#N)=C/c2cc(F)ccc2F)cc1. The van der Waals surface area contributed by atoms with Crippen LogP contribution in [0.1, 0.15) is 12.5 Å². The zero-order chi connectivity index (χ0) is 17.5. The number of carbonyl (C=O) groups excluding carboxylic acids is 1. The topological polar surface area (TPSA) is 62.1 Å². The summed E-state index contributed by atoms with van der Waals surface area (Å²) in [6, 6.07) is 11.0. The molecule has 0 aromatic heterocycles. The van der Waals surface area contributed by atoms with Gasteiger partial charge in [-0.15, -0.1) is 0 Å². The van der Waals surface area contributed by atoms with Crippen molar-refractivity contribution in [1.29, 1.82) is 5.26 Å². The molecule has 1 amide bonds. The van der Waals surface area contributed by atoms with Crippen molar-refractivity contribution in [2.45, 2.75) is 6.92 Å². The quantitative estimate of drug-likeness (QED) is 0.668. The van der Waals surface area contributed by atoms with Crippen LogP contribution in [0.25, 0.3) is 6.08 Å². The Hall–Kier alpha value is -3.20. The van der Waals surface area contributed by atoms with E-state index in [0.717, 1.165) is 24.3 Å². The first-order valence-electron chi connectivity index (χ1n) is 7.14. The van der Waals surface area contributed by atoms with Gasteiger partial charge in [-0.1, -0.05) is 0 Å². The third-order valence-corrected chi connectivity index (χ3v) is 3.05. The van der Waals surface area contributed by atoms with Gasteiger partial charge in [0.1, 0.15) is 29.0 Å². The summed E-state index contributed by atoms with van der Waals surface area (Å²) in [6.45, 7) is 2.37. The fourth-order valence-electron chi connectivity index (χ4n) is 1.93. The third-order valence-electron chi connectivity index (χ3n) is 3.05. The number of ether oxygens (including phenoxy) is 1. The summed E-state index contributed by atoms with van der Waals surface area (Å²) in [4.78, 5) is 12.1. The van der Waals surface area contributed by atoms with E-state index in [4.69, 9.17) is 10.00 Å². The molecular formula is C18H14F2N2O2. The molecule has 0 aliphatic rings. The summed E-state index contributed by atoms with van der Waals surface area (Å²) in [6.07, 6.45) is 1.00. The zero-order valence-electron chi connectivity index (χ0n) is 12.8. The fourth-order valence-corrected chi connectivity index (χ4v) is 1.93. The minimum Gasteiger partial charge on any atom is -0.494 e.